The molecule has 1 fully saturated rings. The van der Waals surface area contributed by atoms with E-state index in [1.54, 1.807) is 22.4 Å². The summed E-state index contributed by atoms with van der Waals surface area (Å²) in [5.74, 6) is -0.571. The minimum absolute atomic E-state index is 0.0242. The van der Waals surface area contributed by atoms with Crippen LogP contribution in [0, 0.1) is 17.2 Å². The molecule has 0 bridgehead atoms. The minimum Gasteiger partial charge on any atom is -0.342 e. The van der Waals surface area contributed by atoms with E-state index in [4.69, 9.17) is 0 Å². The molecule has 1 N–H and O–H groups in total. The molecule has 5 rings (SSSR count). The third-order valence-electron chi connectivity index (χ3n) is 5.73. The molecule has 4 aromatic heterocycles. The van der Waals surface area contributed by atoms with E-state index in [1.807, 2.05) is 40.1 Å². The number of hydrogen-bond donors (Lipinski definition) is 1. The Kier molecular flexibility index (Phi) is 5.56. The average molecular weight is 481 g/mol. The van der Waals surface area contributed by atoms with Crippen molar-refractivity contribution in [1.29, 1.82) is 5.26 Å². The predicted molar refractivity (Wildman–Crippen MR) is 117 cm³/mol. The summed E-state index contributed by atoms with van der Waals surface area (Å²) < 4.78 is 40.7. The van der Waals surface area contributed by atoms with Gasteiger partial charge in [0.1, 0.15) is 29.9 Å². The molecule has 5 heterocycles. The molecule has 178 valence electrons. The maximum absolute atomic E-state index is 12.3. The lowest BCUT2D eigenvalue weighted by Crippen LogP contribution is -2.53. The van der Waals surface area contributed by atoms with Crippen molar-refractivity contribution in [2.45, 2.75) is 18.8 Å². The minimum atomic E-state index is -4.52. The maximum atomic E-state index is 12.3. The zero-order valence-corrected chi connectivity index (χ0v) is 18.1. The lowest BCUT2D eigenvalue weighted by atomic mass is 9.92. The van der Waals surface area contributed by atoms with E-state index >= 15 is 0 Å². The highest BCUT2D eigenvalue weighted by Gasteiger charge is 2.42. The molecule has 4 aromatic rings. The summed E-state index contributed by atoms with van der Waals surface area (Å²) in [6.07, 6.45) is 5.08. The highest BCUT2D eigenvalue weighted by atomic mass is 19.4. The number of rotatable bonds is 6. The van der Waals surface area contributed by atoms with E-state index < -0.39 is 18.6 Å². The quantitative estimate of drug-likeness (QED) is 0.450. The molecule has 1 aliphatic rings. The van der Waals surface area contributed by atoms with E-state index in [0.717, 1.165) is 22.9 Å². The van der Waals surface area contributed by atoms with Crippen LogP contribution in [0.2, 0.25) is 0 Å². The van der Waals surface area contributed by atoms with E-state index in [1.165, 1.54) is 6.20 Å². The van der Waals surface area contributed by atoms with Crippen molar-refractivity contribution in [2.75, 3.05) is 18.0 Å². The Morgan fingerprint density at radius 2 is 2.06 bits per heavy atom. The topological polar surface area (TPSA) is 118 Å². The molecular formula is C22H18F3N9O. The molecule has 2 atom stereocenters. The molecule has 1 aliphatic heterocycles. The standard InChI is InChI=1S/C22H18F3N9O/c23-22(24,25)13-30-20(35)17-9-29-18(10-28-17)33-11-15(3-5-26)21(33)34-12-16(8-31-34)32-7-4-14-2-1-6-27-19(14)32/h1-2,4,6-10,12,15,21H,3,11,13H2,(H,30,35). The highest BCUT2D eigenvalue weighted by Crippen LogP contribution is 2.39. The van der Waals surface area contributed by atoms with Crippen molar-refractivity contribution >= 4 is 22.8 Å². The van der Waals surface area contributed by atoms with Crippen molar-refractivity contribution in [3.05, 3.63) is 61.1 Å². The van der Waals surface area contributed by atoms with Gasteiger partial charge in [0.05, 0.1) is 36.5 Å². The molecule has 13 heteroatoms. The SMILES string of the molecule is N#CCC1CN(c2cnc(C(=O)NCC(F)(F)F)cn2)C1n1cc(-n2ccc3cccnc32)cn1. The summed E-state index contributed by atoms with van der Waals surface area (Å²) >= 11 is 0. The van der Waals surface area contributed by atoms with Crippen LogP contribution in [0.3, 0.4) is 0 Å². The zero-order chi connectivity index (χ0) is 24.6. The lowest BCUT2D eigenvalue weighted by Gasteiger charge is -2.47. The van der Waals surface area contributed by atoms with E-state index in [9.17, 15) is 23.2 Å². The van der Waals surface area contributed by atoms with Crippen LogP contribution in [0.1, 0.15) is 23.1 Å². The number of nitriles is 1. The normalized spacial score (nSPS) is 17.7. The van der Waals surface area contributed by atoms with Crippen molar-refractivity contribution in [1.82, 2.24) is 34.6 Å². The Bertz CT molecular complexity index is 1400. The summed E-state index contributed by atoms with van der Waals surface area (Å²) in [5, 5.41) is 16.5. The number of amides is 1. The Morgan fingerprint density at radius 3 is 2.80 bits per heavy atom. The molecule has 35 heavy (non-hydrogen) atoms. The average Bonchev–Trinajstić information content (AvgIpc) is 3.47. The number of alkyl halides is 3. The fraction of sp³-hybridized carbons (Fsp3) is 0.273. The highest BCUT2D eigenvalue weighted by molar-refractivity contribution is 5.92. The molecule has 1 amide bonds. The largest absolute Gasteiger partial charge is 0.405 e. The van der Waals surface area contributed by atoms with E-state index in [0.29, 0.717) is 18.8 Å². The molecule has 0 spiro atoms. The maximum Gasteiger partial charge on any atom is 0.405 e. The van der Waals surface area contributed by atoms with E-state index in [-0.39, 0.29) is 17.8 Å². The molecular weight excluding hydrogens is 463 g/mol. The first-order valence-electron chi connectivity index (χ1n) is 10.6. The van der Waals surface area contributed by atoms with Crippen molar-refractivity contribution in [3.8, 4) is 11.8 Å². The number of pyridine rings is 1. The number of carbonyl (C=O) groups excluding carboxylic acids is 1. The third-order valence-corrected chi connectivity index (χ3v) is 5.73. The fourth-order valence-corrected chi connectivity index (χ4v) is 4.08. The van der Waals surface area contributed by atoms with Gasteiger partial charge >= 0.3 is 6.18 Å². The molecule has 0 aliphatic carbocycles. The van der Waals surface area contributed by atoms with Gasteiger partial charge in [-0.2, -0.15) is 23.5 Å². The van der Waals surface area contributed by atoms with Gasteiger partial charge in [-0.15, -0.1) is 0 Å². The van der Waals surface area contributed by atoms with Crippen molar-refractivity contribution < 1.29 is 18.0 Å². The second-order valence-corrected chi connectivity index (χ2v) is 8.03. The van der Waals surface area contributed by atoms with Crippen molar-refractivity contribution in [2.24, 2.45) is 5.92 Å². The van der Waals surface area contributed by atoms with Gasteiger partial charge in [0, 0.05) is 36.7 Å². The summed E-state index contributed by atoms with van der Waals surface area (Å²) in [7, 11) is 0. The molecule has 0 saturated carbocycles. The van der Waals surface area contributed by atoms with Crippen LogP contribution < -0.4 is 10.2 Å². The number of halogens is 3. The van der Waals surface area contributed by atoms with Gasteiger partial charge in [0.25, 0.3) is 5.91 Å². The Balaban J connectivity index is 1.37. The van der Waals surface area contributed by atoms with Crippen LogP contribution in [0.5, 0.6) is 0 Å². The van der Waals surface area contributed by atoms with E-state index in [2.05, 4.69) is 26.1 Å². The second kappa shape index (κ2) is 8.71. The fourth-order valence-electron chi connectivity index (χ4n) is 4.08. The summed E-state index contributed by atoms with van der Waals surface area (Å²) in [6.45, 7) is -0.942. The van der Waals surface area contributed by atoms with Crippen LogP contribution in [0.4, 0.5) is 19.0 Å². The first kappa shape index (κ1) is 22.3. The molecule has 1 saturated heterocycles. The van der Waals surface area contributed by atoms with Gasteiger partial charge in [-0.05, 0) is 18.2 Å². The van der Waals surface area contributed by atoms with Crippen LogP contribution in [-0.2, 0) is 0 Å². The second-order valence-electron chi connectivity index (χ2n) is 8.03. The van der Waals surface area contributed by atoms with Crippen molar-refractivity contribution in [3.63, 3.8) is 0 Å². The number of aromatic nitrogens is 6. The third kappa shape index (κ3) is 4.37. The van der Waals surface area contributed by atoms with Crippen LogP contribution in [-0.4, -0.2) is 54.5 Å². The lowest BCUT2D eigenvalue weighted by molar-refractivity contribution is -0.123. The number of nitrogens with zero attached hydrogens (tertiary/aromatic N) is 8. The summed E-state index contributed by atoms with van der Waals surface area (Å²) in [6, 6.07) is 7.97. The number of hydrogen-bond acceptors (Lipinski definition) is 7. The summed E-state index contributed by atoms with van der Waals surface area (Å²) in [5.41, 5.74) is 1.36. The number of nitrogens with one attached hydrogen (secondary N) is 1. The number of anilines is 1. The molecule has 0 aromatic carbocycles. The van der Waals surface area contributed by atoms with Crippen LogP contribution >= 0.6 is 0 Å². The zero-order valence-electron chi connectivity index (χ0n) is 18.1. The molecule has 2 unspecified atom stereocenters. The van der Waals surface area contributed by atoms with Gasteiger partial charge < -0.3 is 10.2 Å². The number of carbonyl (C=O) groups is 1. The van der Waals surface area contributed by atoms with Gasteiger partial charge in [-0.3, -0.25) is 9.36 Å². The van der Waals surface area contributed by atoms with Gasteiger partial charge in [0.15, 0.2) is 0 Å². The first-order chi connectivity index (χ1) is 16.8. The van der Waals surface area contributed by atoms with Gasteiger partial charge in [-0.1, -0.05) is 0 Å². The Labute approximate surface area is 196 Å². The van der Waals surface area contributed by atoms with Crippen LogP contribution in [0.15, 0.2) is 55.4 Å². The smallest absolute Gasteiger partial charge is 0.342 e. The number of fused-ring (bicyclic) bond motifs is 1. The monoisotopic (exact) mass is 481 g/mol. The summed E-state index contributed by atoms with van der Waals surface area (Å²) in [4.78, 5) is 26.4. The Hall–Kier alpha value is -4.47. The van der Waals surface area contributed by atoms with Gasteiger partial charge in [0.2, 0.25) is 0 Å². The first-order valence-corrected chi connectivity index (χ1v) is 10.6. The predicted octanol–water partition coefficient (Wildman–Crippen LogP) is 2.85. The molecule has 10 nitrogen and oxygen atoms in total. The van der Waals surface area contributed by atoms with Gasteiger partial charge in [-0.25, -0.2) is 19.6 Å². The Morgan fingerprint density at radius 1 is 1.20 bits per heavy atom. The van der Waals surface area contributed by atoms with Crippen LogP contribution in [0.25, 0.3) is 16.7 Å². The molecule has 0 radical (unpaired) electrons.